The molecule has 0 radical (unpaired) electrons. The van der Waals surface area contributed by atoms with E-state index in [0.29, 0.717) is 10.8 Å². The van der Waals surface area contributed by atoms with E-state index < -0.39 is 0 Å². The Morgan fingerprint density at radius 3 is 2.10 bits per heavy atom. The fourth-order valence-corrected chi connectivity index (χ4v) is 4.53. The first kappa shape index (κ1) is 19.2. The zero-order chi connectivity index (χ0) is 20.7. The molecule has 3 aromatic carbocycles. The molecule has 0 aliphatic carbocycles. The van der Waals surface area contributed by atoms with Gasteiger partial charge in [0.25, 0.3) is 0 Å². The standard InChI is InChI=1S/C25H24F2N2O/c26-18-4-6-24-22(15-18)23-16-19(27)5-7-25(23)29(24)20-3-1-2-17(14-20)8-11-28-12-9-21(30)10-13-28/h1-7,14-16,21,30H,8-13H2. The predicted molar refractivity (Wildman–Crippen MR) is 116 cm³/mol. The van der Waals surface area contributed by atoms with E-state index >= 15 is 0 Å². The molecule has 30 heavy (non-hydrogen) atoms. The van der Waals surface area contributed by atoms with Crippen LogP contribution in [0.15, 0.2) is 60.7 Å². The van der Waals surface area contributed by atoms with Crippen LogP contribution >= 0.6 is 0 Å². The lowest BCUT2D eigenvalue weighted by molar-refractivity contribution is 0.0832. The molecule has 4 aromatic rings. The van der Waals surface area contributed by atoms with Gasteiger partial charge in [-0.25, -0.2) is 8.78 Å². The number of aliphatic hydroxyl groups is 1. The van der Waals surface area contributed by atoms with Gasteiger partial charge in [-0.15, -0.1) is 0 Å². The summed E-state index contributed by atoms with van der Waals surface area (Å²) in [6, 6.07) is 17.7. The molecule has 2 heterocycles. The first-order valence-electron chi connectivity index (χ1n) is 10.5. The summed E-state index contributed by atoms with van der Waals surface area (Å²) in [6.45, 7) is 2.83. The number of aliphatic hydroxyl groups excluding tert-OH is 1. The number of likely N-dealkylation sites (tertiary alicyclic amines) is 1. The van der Waals surface area contributed by atoms with Gasteiger partial charge in [0.15, 0.2) is 0 Å². The molecular formula is C25H24F2N2O. The Bertz CT molecular complexity index is 1150. The SMILES string of the molecule is OC1CCN(CCc2cccc(-n3c4ccc(F)cc4c4cc(F)ccc43)c2)CC1. The topological polar surface area (TPSA) is 28.4 Å². The summed E-state index contributed by atoms with van der Waals surface area (Å²) in [5, 5.41) is 11.1. The van der Waals surface area contributed by atoms with Crippen molar-refractivity contribution in [3.8, 4) is 5.69 Å². The highest BCUT2D eigenvalue weighted by Gasteiger charge is 2.17. The molecular weight excluding hydrogens is 382 g/mol. The molecule has 1 fully saturated rings. The van der Waals surface area contributed by atoms with E-state index in [2.05, 4.69) is 21.6 Å². The molecule has 1 aromatic heterocycles. The fraction of sp³-hybridized carbons (Fsp3) is 0.280. The van der Waals surface area contributed by atoms with Gasteiger partial charge in [0.2, 0.25) is 0 Å². The Balaban J connectivity index is 1.51. The van der Waals surface area contributed by atoms with E-state index in [0.717, 1.165) is 55.6 Å². The fourth-order valence-electron chi connectivity index (χ4n) is 4.53. The molecule has 5 heteroatoms. The van der Waals surface area contributed by atoms with Crippen LogP contribution in [0, 0.1) is 11.6 Å². The van der Waals surface area contributed by atoms with Gasteiger partial charge in [0.1, 0.15) is 11.6 Å². The molecule has 0 atom stereocenters. The number of hydrogen-bond acceptors (Lipinski definition) is 2. The van der Waals surface area contributed by atoms with Crippen molar-refractivity contribution in [1.82, 2.24) is 9.47 Å². The maximum absolute atomic E-state index is 13.9. The third-order valence-corrected chi connectivity index (χ3v) is 6.13. The number of aromatic nitrogens is 1. The minimum Gasteiger partial charge on any atom is -0.393 e. The highest BCUT2D eigenvalue weighted by atomic mass is 19.1. The molecule has 0 saturated carbocycles. The smallest absolute Gasteiger partial charge is 0.123 e. The van der Waals surface area contributed by atoms with Crippen LogP contribution in [0.5, 0.6) is 0 Å². The van der Waals surface area contributed by atoms with E-state index in [4.69, 9.17) is 0 Å². The molecule has 0 spiro atoms. The molecule has 1 aliphatic rings. The highest BCUT2D eigenvalue weighted by Crippen LogP contribution is 2.33. The van der Waals surface area contributed by atoms with E-state index in [1.165, 1.54) is 29.8 Å². The van der Waals surface area contributed by atoms with Crippen molar-refractivity contribution in [1.29, 1.82) is 0 Å². The first-order chi connectivity index (χ1) is 14.6. The average Bonchev–Trinajstić information content (AvgIpc) is 3.06. The molecule has 0 unspecified atom stereocenters. The van der Waals surface area contributed by atoms with Crippen LogP contribution in [-0.2, 0) is 6.42 Å². The Labute approximate surface area is 174 Å². The lowest BCUT2D eigenvalue weighted by atomic mass is 10.1. The number of halogens is 2. The number of benzene rings is 3. The molecule has 1 saturated heterocycles. The summed E-state index contributed by atoms with van der Waals surface area (Å²) < 4.78 is 29.9. The predicted octanol–water partition coefficient (Wildman–Crippen LogP) is 5.06. The largest absolute Gasteiger partial charge is 0.393 e. The highest BCUT2D eigenvalue weighted by molar-refractivity contribution is 6.09. The lowest BCUT2D eigenvalue weighted by Gasteiger charge is -2.29. The van der Waals surface area contributed by atoms with Crippen molar-refractivity contribution < 1.29 is 13.9 Å². The van der Waals surface area contributed by atoms with Crippen LogP contribution in [0.3, 0.4) is 0 Å². The summed E-state index contributed by atoms with van der Waals surface area (Å²) in [5.74, 6) is -0.655. The normalized spacial score (nSPS) is 16.0. The van der Waals surface area contributed by atoms with Crippen molar-refractivity contribution in [2.24, 2.45) is 0 Å². The second kappa shape index (κ2) is 7.82. The van der Waals surface area contributed by atoms with Crippen LogP contribution in [0.1, 0.15) is 18.4 Å². The summed E-state index contributed by atoms with van der Waals surface area (Å²) in [4.78, 5) is 2.39. The van der Waals surface area contributed by atoms with Gasteiger partial charge in [-0.1, -0.05) is 12.1 Å². The molecule has 1 N–H and O–H groups in total. The Kier molecular flexibility index (Phi) is 5.01. The zero-order valence-electron chi connectivity index (χ0n) is 16.7. The molecule has 3 nitrogen and oxygen atoms in total. The van der Waals surface area contributed by atoms with Crippen molar-refractivity contribution in [2.45, 2.75) is 25.4 Å². The third kappa shape index (κ3) is 3.59. The second-order valence-corrected chi connectivity index (χ2v) is 8.15. The minimum absolute atomic E-state index is 0.158. The van der Waals surface area contributed by atoms with E-state index in [1.54, 1.807) is 12.1 Å². The number of nitrogens with zero attached hydrogens (tertiary/aromatic N) is 2. The summed E-state index contributed by atoms with van der Waals surface area (Å²) >= 11 is 0. The molecule has 0 bridgehead atoms. The van der Waals surface area contributed by atoms with E-state index in [1.807, 2.05) is 12.1 Å². The van der Waals surface area contributed by atoms with E-state index in [9.17, 15) is 13.9 Å². The second-order valence-electron chi connectivity index (χ2n) is 8.15. The van der Waals surface area contributed by atoms with Gasteiger partial charge in [-0.05, 0) is 73.4 Å². The van der Waals surface area contributed by atoms with Crippen molar-refractivity contribution in [2.75, 3.05) is 19.6 Å². The summed E-state index contributed by atoms with van der Waals surface area (Å²) in [7, 11) is 0. The zero-order valence-corrected chi connectivity index (χ0v) is 16.7. The monoisotopic (exact) mass is 406 g/mol. The molecule has 5 rings (SSSR count). The summed E-state index contributed by atoms with van der Waals surface area (Å²) in [6.07, 6.45) is 2.45. The van der Waals surface area contributed by atoms with Gasteiger partial charge in [0.05, 0.1) is 17.1 Å². The molecule has 0 amide bonds. The van der Waals surface area contributed by atoms with Gasteiger partial charge in [-0.3, -0.25) is 0 Å². The lowest BCUT2D eigenvalue weighted by Crippen LogP contribution is -2.37. The average molecular weight is 406 g/mol. The molecule has 1 aliphatic heterocycles. The maximum atomic E-state index is 13.9. The number of rotatable bonds is 4. The van der Waals surface area contributed by atoms with Crippen LogP contribution < -0.4 is 0 Å². The first-order valence-corrected chi connectivity index (χ1v) is 10.5. The van der Waals surface area contributed by atoms with Crippen LogP contribution in [-0.4, -0.2) is 40.3 Å². The van der Waals surface area contributed by atoms with E-state index in [-0.39, 0.29) is 17.7 Å². The summed E-state index contributed by atoms with van der Waals surface area (Å²) in [5.41, 5.74) is 3.93. The third-order valence-electron chi connectivity index (χ3n) is 6.13. The molecule has 154 valence electrons. The van der Waals surface area contributed by atoms with Gasteiger partial charge >= 0.3 is 0 Å². The van der Waals surface area contributed by atoms with Gasteiger partial charge < -0.3 is 14.6 Å². The van der Waals surface area contributed by atoms with Crippen molar-refractivity contribution in [3.05, 3.63) is 77.9 Å². The van der Waals surface area contributed by atoms with Crippen molar-refractivity contribution >= 4 is 21.8 Å². The van der Waals surface area contributed by atoms with Crippen LogP contribution in [0.4, 0.5) is 8.78 Å². The Morgan fingerprint density at radius 1 is 0.833 bits per heavy atom. The van der Waals surface area contributed by atoms with Gasteiger partial charge in [-0.2, -0.15) is 0 Å². The number of fused-ring (bicyclic) bond motifs is 3. The quantitative estimate of drug-likeness (QED) is 0.513. The van der Waals surface area contributed by atoms with Crippen LogP contribution in [0.2, 0.25) is 0 Å². The number of piperidine rings is 1. The minimum atomic E-state index is -0.328. The van der Waals surface area contributed by atoms with Crippen LogP contribution in [0.25, 0.3) is 27.5 Å². The Morgan fingerprint density at radius 2 is 1.47 bits per heavy atom. The maximum Gasteiger partial charge on any atom is 0.123 e. The number of hydrogen-bond donors (Lipinski definition) is 1. The Hall–Kier alpha value is -2.76. The van der Waals surface area contributed by atoms with Crippen molar-refractivity contribution in [3.63, 3.8) is 0 Å². The van der Waals surface area contributed by atoms with Gasteiger partial charge in [0, 0.05) is 36.1 Å².